The average Bonchev–Trinajstić information content (AvgIpc) is 2.12. The molecule has 0 atom stereocenters. The molecule has 5 heteroatoms. The lowest BCUT2D eigenvalue weighted by Crippen LogP contribution is -1.99. The maximum Gasteiger partial charge on any atom is 0.330 e. The smallest absolute Gasteiger partial charge is 0.330 e. The van der Waals surface area contributed by atoms with Crippen LogP contribution in [0.25, 0.3) is 0 Å². The summed E-state index contributed by atoms with van der Waals surface area (Å²) in [5, 5.41) is 8.34. The van der Waals surface area contributed by atoms with E-state index in [0.717, 1.165) is 12.8 Å². The van der Waals surface area contributed by atoms with Crippen molar-refractivity contribution in [1.82, 2.24) is 9.80 Å². The summed E-state index contributed by atoms with van der Waals surface area (Å²) in [5.74, 6) is -0.816. The van der Waals surface area contributed by atoms with Crippen molar-refractivity contribution in [3.8, 4) is 0 Å². The van der Waals surface area contributed by atoms with Gasteiger partial charge in [0.05, 0.1) is 0 Å². The van der Waals surface area contributed by atoms with Crippen LogP contribution in [0.2, 0.25) is 0 Å². The van der Waals surface area contributed by atoms with Crippen LogP contribution in [0.5, 0.6) is 0 Å². The van der Waals surface area contributed by atoms with Crippen molar-refractivity contribution in [2.24, 2.45) is 0 Å². The van der Waals surface area contributed by atoms with Crippen molar-refractivity contribution in [2.45, 2.75) is 26.7 Å². The van der Waals surface area contributed by atoms with Crippen LogP contribution in [-0.2, 0) is 4.79 Å². The first-order chi connectivity index (χ1) is 7.64. The molecular weight excluding hydrogens is 252 g/mol. The summed E-state index contributed by atoms with van der Waals surface area (Å²) in [6.07, 6.45) is 3.60. The van der Waals surface area contributed by atoms with Gasteiger partial charge in [-0.3, -0.25) is 0 Å². The van der Waals surface area contributed by atoms with Crippen molar-refractivity contribution in [3.63, 3.8) is 0 Å². The summed E-state index contributed by atoms with van der Waals surface area (Å²) in [4.78, 5) is 14.1. The lowest BCUT2D eigenvalue weighted by Gasteiger charge is -1.90. The highest BCUT2D eigenvalue weighted by atomic mass is 35.5. The second kappa shape index (κ2) is 18.8. The Morgan fingerprint density at radius 3 is 1.50 bits per heavy atom. The molecule has 0 aliphatic rings. The number of hydrogen-bond acceptors (Lipinski definition) is 3. The van der Waals surface area contributed by atoms with Gasteiger partial charge in [-0.1, -0.05) is 19.4 Å². The van der Waals surface area contributed by atoms with Crippen molar-refractivity contribution in [2.75, 3.05) is 42.3 Å². The zero-order valence-electron chi connectivity index (χ0n) is 13.1. The Morgan fingerprint density at radius 1 is 1.06 bits per heavy atom. The van der Waals surface area contributed by atoms with Gasteiger partial charge in [0.15, 0.2) is 0 Å². The molecule has 0 amide bonds. The second-order valence-corrected chi connectivity index (χ2v) is 4.66. The van der Waals surface area contributed by atoms with Gasteiger partial charge in [-0.25, -0.2) is 4.79 Å². The SMILES string of the molecule is CCCC=C(C)C(=O)O.CN(C)C.CN(C)C.Cl. The summed E-state index contributed by atoms with van der Waals surface area (Å²) in [7, 11) is 12.0. The van der Waals surface area contributed by atoms with E-state index in [4.69, 9.17) is 5.11 Å². The second-order valence-electron chi connectivity index (χ2n) is 4.66. The molecule has 0 saturated carbocycles. The lowest BCUT2D eigenvalue weighted by molar-refractivity contribution is -0.132. The highest BCUT2D eigenvalue weighted by Gasteiger charge is 1.95. The normalized spacial score (nSPS) is 9.78. The van der Waals surface area contributed by atoms with Crippen LogP contribution in [0.15, 0.2) is 11.6 Å². The maximum absolute atomic E-state index is 10.1. The monoisotopic (exact) mass is 282 g/mol. The topological polar surface area (TPSA) is 43.8 Å². The third-order valence-electron chi connectivity index (χ3n) is 1.08. The van der Waals surface area contributed by atoms with Gasteiger partial charge < -0.3 is 14.9 Å². The molecular formula is C13H31ClN2O2. The predicted molar refractivity (Wildman–Crippen MR) is 82.8 cm³/mol. The fourth-order valence-electron chi connectivity index (χ4n) is 0.448. The van der Waals surface area contributed by atoms with Gasteiger partial charge in [0, 0.05) is 5.57 Å². The minimum absolute atomic E-state index is 0. The van der Waals surface area contributed by atoms with E-state index in [1.807, 2.05) is 59.0 Å². The first-order valence-corrected chi connectivity index (χ1v) is 5.77. The summed E-state index contributed by atoms with van der Waals surface area (Å²) in [6, 6.07) is 0. The molecule has 0 spiro atoms. The number of carboxylic acids is 1. The van der Waals surface area contributed by atoms with Crippen LogP contribution >= 0.6 is 12.4 Å². The molecule has 0 aromatic heterocycles. The van der Waals surface area contributed by atoms with Crippen molar-refractivity contribution in [1.29, 1.82) is 0 Å². The number of rotatable bonds is 3. The fraction of sp³-hybridized carbons (Fsp3) is 0.769. The molecule has 0 fully saturated rings. The summed E-state index contributed by atoms with van der Waals surface area (Å²) in [5.41, 5.74) is 0.442. The molecule has 0 aromatic rings. The highest BCUT2D eigenvalue weighted by Crippen LogP contribution is 1.96. The molecule has 112 valence electrons. The molecule has 0 saturated heterocycles. The van der Waals surface area contributed by atoms with Crippen molar-refractivity contribution >= 4 is 18.4 Å². The van der Waals surface area contributed by atoms with Crippen molar-refractivity contribution in [3.05, 3.63) is 11.6 Å². The van der Waals surface area contributed by atoms with E-state index in [1.165, 1.54) is 0 Å². The number of aliphatic carboxylic acids is 1. The van der Waals surface area contributed by atoms with Crippen LogP contribution < -0.4 is 0 Å². The van der Waals surface area contributed by atoms with Crippen LogP contribution in [0.1, 0.15) is 26.7 Å². The van der Waals surface area contributed by atoms with Crippen LogP contribution in [0, 0.1) is 0 Å². The molecule has 0 rings (SSSR count). The van der Waals surface area contributed by atoms with Gasteiger partial charge >= 0.3 is 5.97 Å². The Bertz CT molecular complexity index is 194. The zero-order chi connectivity index (χ0) is 14.4. The summed E-state index contributed by atoms with van der Waals surface area (Å²) in [6.45, 7) is 3.63. The van der Waals surface area contributed by atoms with Gasteiger partial charge in [-0.15, -0.1) is 12.4 Å². The minimum Gasteiger partial charge on any atom is -0.478 e. The number of unbranched alkanes of at least 4 members (excludes halogenated alkanes) is 1. The van der Waals surface area contributed by atoms with Gasteiger partial charge in [-0.2, -0.15) is 0 Å². The molecule has 0 heterocycles. The first kappa shape index (κ1) is 26.1. The van der Waals surface area contributed by atoms with Crippen molar-refractivity contribution < 1.29 is 9.90 Å². The number of carboxylic acid groups (broad SMARTS) is 1. The van der Waals surface area contributed by atoms with Crippen LogP contribution in [-0.4, -0.2) is 63.2 Å². The van der Waals surface area contributed by atoms with E-state index in [1.54, 1.807) is 13.0 Å². The quantitative estimate of drug-likeness (QED) is 0.808. The fourth-order valence-corrected chi connectivity index (χ4v) is 0.448. The van der Waals surface area contributed by atoms with E-state index < -0.39 is 5.97 Å². The third-order valence-corrected chi connectivity index (χ3v) is 1.08. The molecule has 1 N–H and O–H groups in total. The standard InChI is InChI=1S/C7H12O2.2C3H9N.ClH/c1-3-4-5-6(2)7(8)9;2*1-4(2)3;/h5H,3-4H2,1-2H3,(H,8,9);2*1-3H3;1H. The highest BCUT2D eigenvalue weighted by molar-refractivity contribution is 5.85. The van der Waals surface area contributed by atoms with Gasteiger partial charge in [-0.05, 0) is 55.6 Å². The maximum atomic E-state index is 10.1. The van der Waals surface area contributed by atoms with Gasteiger partial charge in [0.2, 0.25) is 0 Å². The summed E-state index contributed by atoms with van der Waals surface area (Å²) < 4.78 is 0. The first-order valence-electron chi connectivity index (χ1n) is 5.77. The molecule has 4 nitrogen and oxygen atoms in total. The number of hydrogen-bond donors (Lipinski definition) is 1. The molecule has 0 radical (unpaired) electrons. The third kappa shape index (κ3) is 58.2. The molecule has 0 aliphatic heterocycles. The Morgan fingerprint density at radius 2 is 1.33 bits per heavy atom. The molecule has 18 heavy (non-hydrogen) atoms. The zero-order valence-corrected chi connectivity index (χ0v) is 14.0. The molecule has 0 bridgehead atoms. The van der Waals surface area contributed by atoms with Gasteiger partial charge in [0.25, 0.3) is 0 Å². The Balaban J connectivity index is -0.0000000922. The summed E-state index contributed by atoms with van der Waals surface area (Å²) >= 11 is 0. The molecule has 0 aromatic carbocycles. The number of nitrogens with zero attached hydrogens (tertiary/aromatic N) is 2. The molecule has 0 unspecified atom stereocenters. The lowest BCUT2D eigenvalue weighted by atomic mass is 10.2. The van der Waals surface area contributed by atoms with Crippen LogP contribution in [0.3, 0.4) is 0 Å². The predicted octanol–water partition coefficient (Wildman–Crippen LogP) is 2.59. The average molecular weight is 283 g/mol. The Labute approximate surface area is 119 Å². The van der Waals surface area contributed by atoms with Crippen LogP contribution in [0.4, 0.5) is 0 Å². The number of allylic oxidation sites excluding steroid dienone is 1. The van der Waals surface area contributed by atoms with E-state index in [2.05, 4.69) is 0 Å². The Hall–Kier alpha value is -0.580. The van der Waals surface area contributed by atoms with E-state index in [-0.39, 0.29) is 12.4 Å². The Kier molecular flexibility index (Phi) is 27.2. The number of carbonyl (C=O) groups is 1. The number of halogens is 1. The van der Waals surface area contributed by atoms with E-state index >= 15 is 0 Å². The van der Waals surface area contributed by atoms with Gasteiger partial charge in [0.1, 0.15) is 0 Å². The largest absolute Gasteiger partial charge is 0.478 e. The van der Waals surface area contributed by atoms with E-state index in [0.29, 0.717) is 5.57 Å². The minimum atomic E-state index is -0.816. The van der Waals surface area contributed by atoms with E-state index in [9.17, 15) is 4.79 Å². The molecule has 0 aliphatic carbocycles.